The van der Waals surface area contributed by atoms with Gasteiger partial charge in [-0.3, -0.25) is 0 Å². The first-order valence-electron chi connectivity index (χ1n) is 11.4. The normalized spacial score (nSPS) is 18.3. The molecule has 0 atom stereocenters. The number of benzene rings is 4. The van der Waals surface area contributed by atoms with Crippen LogP contribution >= 0.6 is 11.8 Å². The molecule has 0 N–H and O–H groups in total. The fourth-order valence-corrected chi connectivity index (χ4v) is 5.60. The van der Waals surface area contributed by atoms with Crippen molar-refractivity contribution in [3.8, 4) is 0 Å². The van der Waals surface area contributed by atoms with Crippen molar-refractivity contribution < 1.29 is 9.31 Å². The van der Waals surface area contributed by atoms with Gasteiger partial charge in [0, 0.05) is 15.5 Å². The van der Waals surface area contributed by atoms with Crippen LogP contribution < -0.4 is 10.4 Å². The van der Waals surface area contributed by atoms with Crippen LogP contribution in [0, 0.1) is 0 Å². The third-order valence-corrected chi connectivity index (χ3v) is 8.18. The zero-order valence-electron chi connectivity index (χ0n) is 19.3. The monoisotopic (exact) mass is 451 g/mol. The van der Waals surface area contributed by atoms with E-state index in [1.165, 1.54) is 31.9 Å². The minimum Gasteiger partial charge on any atom is -0.399 e. The second kappa shape index (κ2) is 7.39. The van der Waals surface area contributed by atoms with Gasteiger partial charge in [-0.15, -0.1) is 0 Å². The Morgan fingerprint density at radius 1 is 0.667 bits per heavy atom. The molecule has 0 spiro atoms. The van der Waals surface area contributed by atoms with Crippen molar-refractivity contribution in [2.75, 3.05) is 4.90 Å². The Morgan fingerprint density at radius 2 is 1.33 bits per heavy atom. The molecule has 0 unspecified atom stereocenters. The van der Waals surface area contributed by atoms with Crippen molar-refractivity contribution in [2.45, 2.75) is 48.7 Å². The molecule has 33 heavy (non-hydrogen) atoms. The highest BCUT2D eigenvalue weighted by Gasteiger charge is 2.51. The molecule has 4 aromatic rings. The maximum Gasteiger partial charge on any atom is 0.494 e. The summed E-state index contributed by atoms with van der Waals surface area (Å²) in [5.74, 6) is 0. The van der Waals surface area contributed by atoms with Gasteiger partial charge in [0.25, 0.3) is 0 Å². The van der Waals surface area contributed by atoms with Crippen LogP contribution in [0.15, 0.2) is 94.7 Å². The van der Waals surface area contributed by atoms with Gasteiger partial charge in [-0.25, -0.2) is 0 Å². The van der Waals surface area contributed by atoms with Gasteiger partial charge in [-0.2, -0.15) is 0 Å². The van der Waals surface area contributed by atoms with Crippen LogP contribution in [-0.2, 0) is 9.31 Å². The summed E-state index contributed by atoms with van der Waals surface area (Å²) in [4.78, 5) is 4.81. The van der Waals surface area contributed by atoms with E-state index in [1.54, 1.807) is 11.8 Å². The van der Waals surface area contributed by atoms with Gasteiger partial charge >= 0.3 is 7.12 Å². The van der Waals surface area contributed by atoms with Crippen LogP contribution in [0.1, 0.15) is 27.7 Å². The lowest BCUT2D eigenvalue weighted by Gasteiger charge is -2.33. The second-order valence-corrected chi connectivity index (χ2v) is 10.8. The highest BCUT2D eigenvalue weighted by atomic mass is 32.2. The Hall–Kier alpha value is -2.73. The summed E-state index contributed by atoms with van der Waals surface area (Å²) in [6.45, 7) is 8.38. The van der Waals surface area contributed by atoms with Crippen molar-refractivity contribution >= 4 is 52.2 Å². The van der Waals surface area contributed by atoms with Crippen molar-refractivity contribution in [3.63, 3.8) is 0 Å². The van der Waals surface area contributed by atoms with E-state index in [-0.39, 0.29) is 18.3 Å². The highest BCUT2D eigenvalue weighted by Crippen LogP contribution is 2.51. The summed E-state index contributed by atoms with van der Waals surface area (Å²) in [5, 5.41) is 2.48. The lowest BCUT2D eigenvalue weighted by Crippen LogP contribution is -2.41. The number of anilines is 3. The standard InChI is InChI=1S/C28H26BNO2S/c1-27(2)28(3,4)32-29(31-27)21-14-16-24-26(18-21)33-25-12-8-7-11-23(25)30(24)22-15-13-19-9-5-6-10-20(19)17-22/h5-18H,1-4H3. The Labute approximate surface area is 199 Å². The molecule has 2 heterocycles. The number of nitrogens with zero attached hydrogens (tertiary/aromatic N) is 1. The minimum absolute atomic E-state index is 0.357. The first kappa shape index (κ1) is 20.9. The first-order valence-corrected chi connectivity index (χ1v) is 12.2. The maximum absolute atomic E-state index is 6.33. The SMILES string of the molecule is CC1(C)OB(c2ccc3c(c2)Sc2ccccc2N3c2ccc3ccccc3c2)OC1(C)C. The van der Waals surface area contributed by atoms with E-state index in [1.807, 2.05) is 0 Å². The van der Waals surface area contributed by atoms with E-state index in [0.29, 0.717) is 0 Å². The zero-order chi connectivity index (χ0) is 22.8. The zero-order valence-corrected chi connectivity index (χ0v) is 20.1. The molecule has 2 aliphatic rings. The molecule has 2 aliphatic heterocycles. The van der Waals surface area contributed by atoms with E-state index < -0.39 is 0 Å². The molecule has 1 saturated heterocycles. The lowest BCUT2D eigenvalue weighted by atomic mass is 9.79. The molecule has 6 rings (SSSR count). The molecule has 4 aromatic carbocycles. The topological polar surface area (TPSA) is 21.7 Å². The Kier molecular flexibility index (Phi) is 4.67. The Bertz CT molecular complexity index is 1370. The van der Waals surface area contributed by atoms with Crippen molar-refractivity contribution in [3.05, 3.63) is 84.9 Å². The third-order valence-electron chi connectivity index (χ3n) is 7.07. The summed E-state index contributed by atoms with van der Waals surface area (Å²) < 4.78 is 12.7. The van der Waals surface area contributed by atoms with Crippen LogP contribution in [-0.4, -0.2) is 18.3 Å². The van der Waals surface area contributed by atoms with E-state index in [9.17, 15) is 0 Å². The third kappa shape index (κ3) is 3.38. The molecule has 164 valence electrons. The maximum atomic E-state index is 6.33. The van der Waals surface area contributed by atoms with E-state index >= 15 is 0 Å². The Morgan fingerprint density at radius 3 is 2.12 bits per heavy atom. The summed E-state index contributed by atoms with van der Waals surface area (Å²) in [6, 6.07) is 30.4. The lowest BCUT2D eigenvalue weighted by molar-refractivity contribution is 0.00578. The average molecular weight is 451 g/mol. The molecule has 3 nitrogen and oxygen atoms in total. The van der Waals surface area contributed by atoms with Gasteiger partial charge in [0.2, 0.25) is 0 Å². The van der Waals surface area contributed by atoms with Crippen LogP contribution in [0.4, 0.5) is 17.1 Å². The number of fused-ring (bicyclic) bond motifs is 3. The fraction of sp³-hybridized carbons (Fsp3) is 0.214. The molecule has 0 saturated carbocycles. The molecular formula is C28H26BNO2S. The predicted molar refractivity (Wildman–Crippen MR) is 138 cm³/mol. The van der Waals surface area contributed by atoms with Crippen molar-refractivity contribution in [1.29, 1.82) is 0 Å². The van der Waals surface area contributed by atoms with E-state index in [2.05, 4.69) is 118 Å². The van der Waals surface area contributed by atoms with Crippen molar-refractivity contribution in [2.24, 2.45) is 0 Å². The fourth-order valence-electron chi connectivity index (χ4n) is 4.49. The molecule has 0 bridgehead atoms. The largest absolute Gasteiger partial charge is 0.494 e. The van der Waals surface area contributed by atoms with Gasteiger partial charge in [0.05, 0.1) is 22.6 Å². The van der Waals surface area contributed by atoms with Crippen LogP contribution in [0.3, 0.4) is 0 Å². The number of rotatable bonds is 2. The quantitative estimate of drug-likeness (QED) is 0.268. The van der Waals surface area contributed by atoms with Gasteiger partial charge in [0.1, 0.15) is 0 Å². The van der Waals surface area contributed by atoms with E-state index in [0.717, 1.165) is 11.2 Å². The summed E-state index contributed by atoms with van der Waals surface area (Å²) >= 11 is 1.80. The second-order valence-electron chi connectivity index (χ2n) is 9.75. The molecule has 0 aromatic heterocycles. The highest BCUT2D eigenvalue weighted by molar-refractivity contribution is 7.99. The van der Waals surface area contributed by atoms with Gasteiger partial charge < -0.3 is 14.2 Å². The van der Waals surface area contributed by atoms with Crippen LogP contribution in [0.25, 0.3) is 10.8 Å². The van der Waals surface area contributed by atoms with Crippen LogP contribution in [0.2, 0.25) is 0 Å². The predicted octanol–water partition coefficient (Wildman–Crippen LogP) is 7.07. The molecule has 0 aliphatic carbocycles. The molecule has 0 radical (unpaired) electrons. The van der Waals surface area contributed by atoms with Crippen molar-refractivity contribution in [1.82, 2.24) is 0 Å². The Balaban J connectivity index is 1.46. The summed E-state index contributed by atoms with van der Waals surface area (Å²) in [6.07, 6.45) is 0. The molecule has 1 fully saturated rings. The summed E-state index contributed by atoms with van der Waals surface area (Å²) in [7, 11) is -0.368. The molecular weight excluding hydrogens is 425 g/mol. The number of hydrogen-bond acceptors (Lipinski definition) is 4. The average Bonchev–Trinajstić information content (AvgIpc) is 3.03. The number of hydrogen-bond donors (Lipinski definition) is 0. The first-order chi connectivity index (χ1) is 15.8. The number of para-hydroxylation sites is 1. The van der Waals surface area contributed by atoms with Gasteiger partial charge in [0.15, 0.2) is 0 Å². The van der Waals surface area contributed by atoms with Gasteiger partial charge in [-0.1, -0.05) is 60.3 Å². The minimum atomic E-state index is -0.368. The summed E-state index contributed by atoms with van der Waals surface area (Å²) in [5.41, 5.74) is 3.88. The van der Waals surface area contributed by atoms with Gasteiger partial charge in [-0.05, 0) is 80.3 Å². The molecule has 0 amide bonds. The smallest absolute Gasteiger partial charge is 0.399 e. The van der Waals surface area contributed by atoms with Crippen LogP contribution in [0.5, 0.6) is 0 Å². The molecule has 5 heteroatoms. The van der Waals surface area contributed by atoms with E-state index in [4.69, 9.17) is 9.31 Å².